The molecule has 33 heavy (non-hydrogen) atoms. The van der Waals surface area contributed by atoms with Crippen molar-refractivity contribution in [2.75, 3.05) is 18.5 Å². The Morgan fingerprint density at radius 3 is 2.33 bits per heavy atom. The van der Waals surface area contributed by atoms with E-state index in [0.717, 1.165) is 16.5 Å². The molecule has 0 radical (unpaired) electrons. The molecule has 0 unspecified atom stereocenters. The second kappa shape index (κ2) is 11.1. The van der Waals surface area contributed by atoms with Crippen LogP contribution in [0, 0.1) is 0 Å². The first kappa shape index (κ1) is 24.5. The van der Waals surface area contributed by atoms with E-state index in [1.807, 2.05) is 48.5 Å². The zero-order valence-electron chi connectivity index (χ0n) is 19.2. The lowest BCUT2D eigenvalue weighted by Crippen LogP contribution is -2.28. The van der Waals surface area contributed by atoms with Crippen LogP contribution in [0.5, 0.6) is 5.75 Å². The molecule has 172 valence electrons. The summed E-state index contributed by atoms with van der Waals surface area (Å²) >= 11 is 3.52. The number of amides is 2. The van der Waals surface area contributed by atoms with Gasteiger partial charge in [0.05, 0.1) is 15.7 Å². The predicted molar refractivity (Wildman–Crippen MR) is 136 cm³/mol. The highest BCUT2D eigenvalue weighted by Crippen LogP contribution is 2.31. The van der Waals surface area contributed by atoms with Gasteiger partial charge in [0.25, 0.3) is 11.8 Å². The minimum atomic E-state index is -0.341. The molecule has 0 heterocycles. The van der Waals surface area contributed by atoms with Crippen molar-refractivity contribution < 1.29 is 14.3 Å². The molecular weight excluding hydrogens is 480 g/mol. The van der Waals surface area contributed by atoms with Crippen LogP contribution in [-0.4, -0.2) is 25.0 Å². The molecule has 0 fully saturated rings. The zero-order chi connectivity index (χ0) is 23.8. The Kier molecular flexibility index (Phi) is 8.28. The van der Waals surface area contributed by atoms with Gasteiger partial charge in [-0.05, 0) is 63.2 Å². The summed E-state index contributed by atoms with van der Waals surface area (Å²) in [5.41, 5.74) is 3.20. The Morgan fingerprint density at radius 2 is 1.64 bits per heavy atom. The number of halogens is 1. The maximum absolute atomic E-state index is 12.7. The summed E-state index contributed by atoms with van der Waals surface area (Å²) in [5.74, 6) is 0.0136. The number of carbonyl (C=O) groups excluding carboxylic acids is 2. The standard InChI is InChI=1S/C27H29BrN2O3/c1-27(2,3)20-13-14-24(22(28)17-20)33-18-25(31)30-23-12-8-7-11-21(23)26(32)29-16-15-19-9-5-4-6-10-19/h4-14,17H,15-16,18H2,1-3H3,(H,29,32)(H,30,31). The summed E-state index contributed by atoms with van der Waals surface area (Å²) in [5, 5.41) is 5.70. The summed E-state index contributed by atoms with van der Waals surface area (Å²) in [6, 6.07) is 22.7. The number of hydrogen-bond donors (Lipinski definition) is 2. The summed E-state index contributed by atoms with van der Waals surface area (Å²) < 4.78 is 6.49. The largest absolute Gasteiger partial charge is 0.483 e. The second-order valence-corrected chi connectivity index (χ2v) is 9.62. The monoisotopic (exact) mass is 508 g/mol. The Balaban J connectivity index is 1.56. The highest BCUT2D eigenvalue weighted by Gasteiger charge is 2.17. The van der Waals surface area contributed by atoms with Crippen molar-refractivity contribution in [2.24, 2.45) is 0 Å². The lowest BCUT2D eigenvalue weighted by Gasteiger charge is -2.20. The molecule has 0 saturated heterocycles. The van der Waals surface area contributed by atoms with E-state index in [1.165, 1.54) is 5.56 Å². The highest BCUT2D eigenvalue weighted by atomic mass is 79.9. The number of nitrogens with one attached hydrogen (secondary N) is 2. The van der Waals surface area contributed by atoms with E-state index < -0.39 is 0 Å². The van der Waals surface area contributed by atoms with Gasteiger partial charge in [-0.15, -0.1) is 0 Å². The van der Waals surface area contributed by atoms with Crippen molar-refractivity contribution >= 4 is 33.4 Å². The number of ether oxygens (including phenoxy) is 1. The maximum Gasteiger partial charge on any atom is 0.262 e. The fourth-order valence-corrected chi connectivity index (χ4v) is 3.76. The Morgan fingerprint density at radius 1 is 0.939 bits per heavy atom. The van der Waals surface area contributed by atoms with E-state index in [1.54, 1.807) is 24.3 Å². The van der Waals surface area contributed by atoms with Crippen LogP contribution >= 0.6 is 15.9 Å². The zero-order valence-corrected chi connectivity index (χ0v) is 20.7. The molecule has 0 aliphatic heterocycles. The SMILES string of the molecule is CC(C)(C)c1ccc(OCC(=O)Nc2ccccc2C(=O)NCCc2ccccc2)c(Br)c1. The molecule has 0 aliphatic rings. The highest BCUT2D eigenvalue weighted by molar-refractivity contribution is 9.10. The van der Waals surface area contributed by atoms with Crippen molar-refractivity contribution in [2.45, 2.75) is 32.6 Å². The van der Waals surface area contributed by atoms with Gasteiger partial charge in [-0.2, -0.15) is 0 Å². The van der Waals surface area contributed by atoms with Crippen LogP contribution in [0.2, 0.25) is 0 Å². The predicted octanol–water partition coefficient (Wildman–Crippen LogP) is 5.74. The second-order valence-electron chi connectivity index (χ2n) is 8.77. The molecule has 2 amide bonds. The quantitative estimate of drug-likeness (QED) is 0.407. The molecule has 0 aliphatic carbocycles. The van der Waals surface area contributed by atoms with E-state index in [2.05, 4.69) is 47.3 Å². The molecule has 0 aromatic heterocycles. The molecule has 3 aromatic rings. The van der Waals surface area contributed by atoms with Crippen LogP contribution in [-0.2, 0) is 16.6 Å². The van der Waals surface area contributed by atoms with Crippen LogP contribution < -0.4 is 15.4 Å². The molecule has 0 saturated carbocycles. The molecule has 0 bridgehead atoms. The Hall–Kier alpha value is -3.12. The third kappa shape index (κ3) is 7.19. The average Bonchev–Trinajstić information content (AvgIpc) is 2.78. The molecule has 5 nitrogen and oxygen atoms in total. The van der Waals surface area contributed by atoms with E-state index in [-0.39, 0.29) is 23.8 Å². The number of benzene rings is 3. The van der Waals surface area contributed by atoms with Gasteiger partial charge >= 0.3 is 0 Å². The maximum atomic E-state index is 12.7. The summed E-state index contributed by atoms with van der Waals surface area (Å²) in [6.07, 6.45) is 0.734. The first-order valence-corrected chi connectivity index (χ1v) is 11.7. The van der Waals surface area contributed by atoms with Crippen molar-refractivity contribution in [1.29, 1.82) is 0 Å². The normalized spacial score (nSPS) is 11.0. The first-order valence-electron chi connectivity index (χ1n) is 10.9. The van der Waals surface area contributed by atoms with Crippen LogP contribution in [0.15, 0.2) is 77.3 Å². The molecule has 0 spiro atoms. The third-order valence-corrected chi connectivity index (χ3v) is 5.76. The van der Waals surface area contributed by atoms with Crippen LogP contribution in [0.25, 0.3) is 0 Å². The lowest BCUT2D eigenvalue weighted by molar-refractivity contribution is -0.118. The van der Waals surface area contributed by atoms with Gasteiger partial charge in [0.1, 0.15) is 5.75 Å². The molecule has 6 heteroatoms. The first-order chi connectivity index (χ1) is 15.7. The molecule has 0 atom stereocenters. The molecule has 3 aromatic carbocycles. The van der Waals surface area contributed by atoms with Crippen LogP contribution in [0.3, 0.4) is 0 Å². The summed E-state index contributed by atoms with van der Waals surface area (Å²) in [7, 11) is 0. The van der Waals surface area contributed by atoms with E-state index >= 15 is 0 Å². The van der Waals surface area contributed by atoms with Gasteiger partial charge in [-0.3, -0.25) is 9.59 Å². The fraction of sp³-hybridized carbons (Fsp3) is 0.259. The van der Waals surface area contributed by atoms with Crippen molar-refractivity contribution in [3.63, 3.8) is 0 Å². The minimum Gasteiger partial charge on any atom is -0.483 e. The topological polar surface area (TPSA) is 67.4 Å². The lowest BCUT2D eigenvalue weighted by atomic mass is 9.87. The minimum absolute atomic E-state index is 0.0177. The van der Waals surface area contributed by atoms with Gasteiger partial charge in [0.2, 0.25) is 0 Å². The van der Waals surface area contributed by atoms with Gasteiger partial charge in [0, 0.05) is 6.54 Å². The number of para-hydroxylation sites is 1. The van der Waals surface area contributed by atoms with E-state index in [4.69, 9.17) is 4.74 Å². The number of rotatable bonds is 8. The Bertz CT molecular complexity index is 1110. The molecule has 2 N–H and O–H groups in total. The van der Waals surface area contributed by atoms with Crippen molar-refractivity contribution in [3.05, 3.63) is 94.0 Å². The third-order valence-electron chi connectivity index (χ3n) is 5.14. The van der Waals surface area contributed by atoms with Crippen molar-refractivity contribution in [1.82, 2.24) is 5.32 Å². The summed E-state index contributed by atoms with van der Waals surface area (Å²) in [4.78, 5) is 25.2. The number of anilines is 1. The number of carbonyl (C=O) groups is 2. The molecular formula is C27H29BrN2O3. The summed E-state index contributed by atoms with van der Waals surface area (Å²) in [6.45, 7) is 6.75. The van der Waals surface area contributed by atoms with Crippen LogP contribution in [0.4, 0.5) is 5.69 Å². The van der Waals surface area contributed by atoms with Gasteiger partial charge in [-0.25, -0.2) is 0 Å². The van der Waals surface area contributed by atoms with Crippen molar-refractivity contribution in [3.8, 4) is 5.75 Å². The average molecular weight is 509 g/mol. The van der Waals surface area contributed by atoms with Crippen LogP contribution in [0.1, 0.15) is 42.3 Å². The Labute approximate surface area is 203 Å². The van der Waals surface area contributed by atoms with Gasteiger partial charge in [0.15, 0.2) is 6.61 Å². The van der Waals surface area contributed by atoms with E-state index in [0.29, 0.717) is 23.5 Å². The molecule has 3 rings (SSSR count). The van der Waals surface area contributed by atoms with Gasteiger partial charge in [-0.1, -0.05) is 69.3 Å². The smallest absolute Gasteiger partial charge is 0.262 e. The number of hydrogen-bond acceptors (Lipinski definition) is 3. The van der Waals surface area contributed by atoms with Gasteiger partial charge < -0.3 is 15.4 Å². The fourth-order valence-electron chi connectivity index (χ4n) is 3.26. The van der Waals surface area contributed by atoms with E-state index in [9.17, 15) is 9.59 Å².